The predicted octanol–water partition coefficient (Wildman–Crippen LogP) is 3.06. The van der Waals surface area contributed by atoms with Gasteiger partial charge in [0.05, 0.1) is 18.3 Å². The van der Waals surface area contributed by atoms with Gasteiger partial charge >= 0.3 is 5.97 Å². The summed E-state index contributed by atoms with van der Waals surface area (Å²) in [6.45, 7) is 7.41. The van der Waals surface area contributed by atoms with Crippen molar-refractivity contribution in [2.75, 3.05) is 6.54 Å². The van der Waals surface area contributed by atoms with Crippen LogP contribution >= 0.6 is 0 Å². The summed E-state index contributed by atoms with van der Waals surface area (Å²) in [5, 5.41) is 45.2. The van der Waals surface area contributed by atoms with E-state index in [4.69, 9.17) is 5.73 Å². The molecule has 4 saturated carbocycles. The number of nitrogens with one attached hydrogen (secondary N) is 1. The van der Waals surface area contributed by atoms with E-state index in [0.29, 0.717) is 62.3 Å². The third-order valence-electron chi connectivity index (χ3n) is 11.9. The number of carbonyl (C=O) groups is 2. The Morgan fingerprint density at radius 3 is 2.29 bits per heavy atom. The van der Waals surface area contributed by atoms with Crippen molar-refractivity contribution < 1.29 is 30.0 Å². The van der Waals surface area contributed by atoms with Crippen molar-refractivity contribution in [1.82, 2.24) is 5.32 Å². The van der Waals surface area contributed by atoms with E-state index in [1.165, 1.54) is 0 Å². The number of carboxylic acids is 1. The Morgan fingerprint density at radius 2 is 1.61 bits per heavy atom. The van der Waals surface area contributed by atoms with E-state index in [1.807, 2.05) is 0 Å². The van der Waals surface area contributed by atoms with E-state index < -0.39 is 24.2 Å². The summed E-state index contributed by atoms with van der Waals surface area (Å²) in [6.07, 6.45) is 7.42. The third kappa shape index (κ3) is 5.39. The lowest BCUT2D eigenvalue weighted by molar-refractivity contribution is -0.223. The lowest BCUT2D eigenvalue weighted by atomic mass is 9.43. The molecule has 0 aromatic carbocycles. The summed E-state index contributed by atoms with van der Waals surface area (Å²) < 4.78 is 0. The van der Waals surface area contributed by atoms with E-state index in [2.05, 4.69) is 26.1 Å². The maximum Gasteiger partial charge on any atom is 0.326 e. The molecule has 1 amide bonds. The van der Waals surface area contributed by atoms with E-state index in [0.717, 1.165) is 44.9 Å². The number of carboxylic acid groups (broad SMARTS) is 1. The molecule has 4 rings (SSSR count). The first kappa shape index (κ1) is 29.8. The molecule has 4 aliphatic carbocycles. The number of aliphatic hydroxyl groups excluding tert-OH is 3. The van der Waals surface area contributed by atoms with Gasteiger partial charge < -0.3 is 31.5 Å². The monoisotopic (exact) mass is 536 g/mol. The zero-order valence-electron chi connectivity index (χ0n) is 23.6. The Labute approximate surface area is 228 Å². The molecule has 0 saturated heterocycles. The Kier molecular flexibility index (Phi) is 9.17. The molecular weight excluding hydrogens is 484 g/mol. The van der Waals surface area contributed by atoms with Crippen molar-refractivity contribution in [1.29, 1.82) is 0 Å². The van der Waals surface area contributed by atoms with Gasteiger partial charge in [-0.15, -0.1) is 0 Å². The maximum atomic E-state index is 12.7. The predicted molar refractivity (Wildman–Crippen MR) is 145 cm³/mol. The smallest absolute Gasteiger partial charge is 0.326 e. The molecule has 12 atom stereocenters. The molecule has 0 aromatic rings. The summed E-state index contributed by atoms with van der Waals surface area (Å²) in [5.41, 5.74) is 5.52. The Balaban J connectivity index is 1.39. The minimum absolute atomic E-state index is 0.0451. The highest BCUT2D eigenvalue weighted by Crippen LogP contribution is 2.68. The zero-order valence-corrected chi connectivity index (χ0v) is 23.6. The van der Waals surface area contributed by atoms with E-state index in [1.54, 1.807) is 0 Å². The Hall–Kier alpha value is -1.22. The Bertz CT molecular complexity index is 855. The number of aliphatic hydroxyl groups is 3. The molecule has 0 bridgehead atoms. The second-order valence-corrected chi connectivity index (χ2v) is 13.8. The van der Waals surface area contributed by atoms with Crippen LogP contribution in [0.15, 0.2) is 0 Å². The molecule has 0 aliphatic heterocycles. The molecule has 0 heterocycles. The summed E-state index contributed by atoms with van der Waals surface area (Å²) in [7, 11) is 0. The molecule has 4 aliphatic rings. The fraction of sp³-hybridized carbons (Fsp3) is 0.933. The third-order valence-corrected chi connectivity index (χ3v) is 11.9. The summed E-state index contributed by atoms with van der Waals surface area (Å²) in [4.78, 5) is 24.2. The van der Waals surface area contributed by atoms with Gasteiger partial charge in [-0.25, -0.2) is 4.79 Å². The summed E-state index contributed by atoms with van der Waals surface area (Å²) in [5.74, 6) is 0.277. The average molecular weight is 537 g/mol. The fourth-order valence-corrected chi connectivity index (χ4v) is 9.79. The molecule has 4 fully saturated rings. The van der Waals surface area contributed by atoms with E-state index in [9.17, 15) is 30.0 Å². The number of fused-ring (bicyclic) bond motifs is 5. The van der Waals surface area contributed by atoms with Crippen molar-refractivity contribution in [2.45, 2.75) is 122 Å². The molecule has 8 nitrogen and oxygen atoms in total. The van der Waals surface area contributed by atoms with Crippen LogP contribution in [0.4, 0.5) is 0 Å². The minimum atomic E-state index is -0.997. The first-order chi connectivity index (χ1) is 17.9. The fourth-order valence-electron chi connectivity index (χ4n) is 9.79. The summed E-state index contributed by atoms with van der Waals surface area (Å²) >= 11 is 0. The van der Waals surface area contributed by atoms with Crippen LogP contribution in [0.5, 0.6) is 0 Å². The number of nitrogens with two attached hydrogens (primary N) is 1. The van der Waals surface area contributed by atoms with Crippen LogP contribution in [0.2, 0.25) is 0 Å². The van der Waals surface area contributed by atoms with E-state index in [-0.39, 0.29) is 34.7 Å². The van der Waals surface area contributed by atoms with Crippen LogP contribution in [0, 0.1) is 46.3 Å². The van der Waals surface area contributed by atoms with Crippen molar-refractivity contribution in [2.24, 2.45) is 52.1 Å². The first-order valence-corrected chi connectivity index (χ1v) is 15.2. The number of carbonyl (C=O) groups excluding carboxylic acids is 1. The molecular formula is C30H52N2O6. The van der Waals surface area contributed by atoms with Gasteiger partial charge in [-0.2, -0.15) is 0 Å². The molecule has 0 aromatic heterocycles. The zero-order chi connectivity index (χ0) is 27.8. The lowest BCUT2D eigenvalue weighted by Crippen LogP contribution is -2.64. The second-order valence-electron chi connectivity index (χ2n) is 13.8. The van der Waals surface area contributed by atoms with Crippen LogP contribution < -0.4 is 11.1 Å². The van der Waals surface area contributed by atoms with Crippen LogP contribution in [0.3, 0.4) is 0 Å². The summed E-state index contributed by atoms with van der Waals surface area (Å²) in [6, 6.07) is -0.863. The van der Waals surface area contributed by atoms with Crippen molar-refractivity contribution >= 4 is 11.9 Å². The molecule has 0 unspecified atom stereocenters. The number of hydrogen-bond donors (Lipinski definition) is 6. The lowest BCUT2D eigenvalue weighted by Gasteiger charge is -2.63. The first-order valence-electron chi connectivity index (χ1n) is 15.2. The van der Waals surface area contributed by atoms with Crippen molar-refractivity contribution in [3.63, 3.8) is 0 Å². The van der Waals surface area contributed by atoms with Crippen LogP contribution in [-0.4, -0.2) is 63.2 Å². The van der Waals surface area contributed by atoms with Gasteiger partial charge in [-0.05, 0) is 124 Å². The molecule has 0 radical (unpaired) electrons. The largest absolute Gasteiger partial charge is 0.480 e. The normalized spacial score (nSPS) is 43.9. The highest BCUT2D eigenvalue weighted by Gasteiger charge is 2.65. The molecule has 0 spiro atoms. The topological polar surface area (TPSA) is 153 Å². The van der Waals surface area contributed by atoms with Crippen LogP contribution in [0.25, 0.3) is 0 Å². The quantitative estimate of drug-likeness (QED) is 0.235. The molecule has 7 N–H and O–H groups in total. The molecule has 218 valence electrons. The van der Waals surface area contributed by atoms with Gasteiger partial charge in [0, 0.05) is 6.42 Å². The number of rotatable bonds is 10. The van der Waals surface area contributed by atoms with Gasteiger partial charge in [0.1, 0.15) is 6.04 Å². The van der Waals surface area contributed by atoms with Gasteiger partial charge in [0.15, 0.2) is 0 Å². The number of unbranched alkanes of at least 4 members (excludes halogenated alkanes) is 1. The maximum absolute atomic E-state index is 12.7. The minimum Gasteiger partial charge on any atom is -0.480 e. The number of aliphatic carboxylic acids is 1. The highest BCUT2D eigenvalue weighted by molar-refractivity contribution is 5.83. The van der Waals surface area contributed by atoms with Crippen LogP contribution in [0.1, 0.15) is 97.8 Å². The highest BCUT2D eigenvalue weighted by atomic mass is 16.4. The van der Waals surface area contributed by atoms with Gasteiger partial charge in [-0.1, -0.05) is 20.8 Å². The number of amides is 1. The molecule has 8 heteroatoms. The van der Waals surface area contributed by atoms with Crippen molar-refractivity contribution in [3.05, 3.63) is 0 Å². The molecule has 38 heavy (non-hydrogen) atoms. The van der Waals surface area contributed by atoms with Gasteiger partial charge in [0.2, 0.25) is 5.91 Å². The van der Waals surface area contributed by atoms with Crippen molar-refractivity contribution in [3.8, 4) is 0 Å². The van der Waals surface area contributed by atoms with Gasteiger partial charge in [0.25, 0.3) is 0 Å². The van der Waals surface area contributed by atoms with Crippen LogP contribution in [-0.2, 0) is 9.59 Å². The SMILES string of the molecule is C[C@H](CCC(=O)N[C@@H](CCCCN)C(=O)O)[C@H]1CC[C@H]2[C@@H]3[C@H](O)[C@@H](O)[C@@H]4C[C@H](O)CC[C@]4(C)[C@H]3CC[C@]12C. The van der Waals surface area contributed by atoms with Gasteiger partial charge in [-0.3, -0.25) is 4.79 Å². The standard InChI is InChI=1S/C30H52N2O6/c1-17(7-10-24(34)32-23(28(37)38)6-4-5-15-31)19-8-9-20-25-21(12-14-29(19,20)2)30(3)13-11-18(33)16-22(30)26(35)27(25)36/h17-23,25-27,33,35-36H,4-16,31H2,1-3H3,(H,32,34)(H,37,38)/t17-,18-,19-,20+,21+,22+,23+,25+,26+,27+,29-,30-/m1/s1. The second kappa shape index (κ2) is 11.7. The Morgan fingerprint density at radius 1 is 0.921 bits per heavy atom. The average Bonchev–Trinajstić information content (AvgIpc) is 3.23. The number of hydrogen-bond acceptors (Lipinski definition) is 6. The van der Waals surface area contributed by atoms with E-state index >= 15 is 0 Å².